The lowest BCUT2D eigenvalue weighted by Gasteiger charge is -2.34. The smallest absolute Gasteiger partial charge is 0.0666 e. The van der Waals surface area contributed by atoms with Crippen LogP contribution in [0.1, 0.15) is 32.6 Å². The van der Waals surface area contributed by atoms with Crippen molar-refractivity contribution in [2.75, 3.05) is 39.3 Å². The van der Waals surface area contributed by atoms with Crippen LogP contribution in [0.25, 0.3) is 0 Å². The monoisotopic (exact) mass is 235 g/mol. The summed E-state index contributed by atoms with van der Waals surface area (Å²) in [4.78, 5) is 5.10. The first-order valence-electron chi connectivity index (χ1n) is 7.12. The molecule has 0 amide bonds. The normalized spacial score (nSPS) is 25.9. The summed E-state index contributed by atoms with van der Waals surface area (Å²) in [5.74, 6) is 1.09. The van der Waals surface area contributed by atoms with E-state index in [4.69, 9.17) is 5.26 Å². The molecule has 0 aromatic heterocycles. The largest absolute Gasteiger partial charge is 0.303 e. The van der Waals surface area contributed by atoms with Crippen LogP contribution in [0.3, 0.4) is 0 Å². The van der Waals surface area contributed by atoms with E-state index < -0.39 is 0 Å². The van der Waals surface area contributed by atoms with Crippen LogP contribution in [0.4, 0.5) is 0 Å². The van der Waals surface area contributed by atoms with Gasteiger partial charge in [-0.15, -0.1) is 0 Å². The quantitative estimate of drug-likeness (QED) is 0.746. The van der Waals surface area contributed by atoms with Crippen molar-refractivity contribution in [3.63, 3.8) is 0 Å². The van der Waals surface area contributed by atoms with Crippen LogP contribution in [-0.2, 0) is 0 Å². The molecule has 0 spiro atoms. The third-order valence-corrected chi connectivity index (χ3v) is 4.17. The molecule has 0 bridgehead atoms. The molecule has 0 aromatic rings. The van der Waals surface area contributed by atoms with E-state index >= 15 is 0 Å². The maximum atomic E-state index is 8.82. The van der Waals surface area contributed by atoms with Crippen LogP contribution in [0.5, 0.6) is 0 Å². The predicted octanol–water partition coefficient (Wildman–Crippen LogP) is 1.95. The highest BCUT2D eigenvalue weighted by molar-refractivity contribution is 4.84. The molecule has 0 aromatic carbocycles. The molecule has 0 saturated carbocycles. The molecule has 3 nitrogen and oxygen atoms in total. The van der Waals surface area contributed by atoms with Crippen LogP contribution in [-0.4, -0.2) is 49.1 Å². The lowest BCUT2D eigenvalue weighted by molar-refractivity contribution is 0.147. The molecule has 0 N–H and O–H groups in total. The van der Waals surface area contributed by atoms with Gasteiger partial charge in [-0.25, -0.2) is 0 Å². The van der Waals surface area contributed by atoms with Crippen molar-refractivity contribution in [3.05, 3.63) is 0 Å². The first-order valence-corrected chi connectivity index (χ1v) is 7.12. The molecular weight excluding hydrogens is 210 g/mol. The zero-order valence-corrected chi connectivity index (χ0v) is 11.1. The highest BCUT2D eigenvalue weighted by atomic mass is 15.2. The first-order chi connectivity index (χ1) is 8.28. The van der Waals surface area contributed by atoms with Gasteiger partial charge in [0.2, 0.25) is 0 Å². The van der Waals surface area contributed by atoms with Crippen LogP contribution < -0.4 is 0 Å². The number of piperidine rings is 1. The average molecular weight is 235 g/mol. The van der Waals surface area contributed by atoms with Crippen LogP contribution in [0.2, 0.25) is 0 Å². The van der Waals surface area contributed by atoms with Gasteiger partial charge < -0.3 is 9.80 Å². The standard InChI is InChI=1S/C14H25N3/c1-13(10-15)11-17-8-4-14(5-9-17)12-16-6-2-3-7-16/h13-14H,2-9,11-12H2,1H3. The van der Waals surface area contributed by atoms with Crippen molar-refractivity contribution in [2.24, 2.45) is 11.8 Å². The van der Waals surface area contributed by atoms with E-state index in [0.717, 1.165) is 12.5 Å². The number of rotatable bonds is 4. The van der Waals surface area contributed by atoms with Crippen molar-refractivity contribution < 1.29 is 0 Å². The average Bonchev–Trinajstić information content (AvgIpc) is 2.84. The molecular formula is C14H25N3. The summed E-state index contributed by atoms with van der Waals surface area (Å²) < 4.78 is 0. The summed E-state index contributed by atoms with van der Waals surface area (Å²) in [6.07, 6.45) is 5.46. The Hall–Kier alpha value is -0.590. The van der Waals surface area contributed by atoms with Gasteiger partial charge in [0.1, 0.15) is 0 Å². The number of nitriles is 1. The summed E-state index contributed by atoms with van der Waals surface area (Å²) in [5.41, 5.74) is 0. The Balaban J connectivity index is 1.65. The van der Waals surface area contributed by atoms with Crippen molar-refractivity contribution in [3.8, 4) is 6.07 Å². The van der Waals surface area contributed by atoms with E-state index in [1.54, 1.807) is 0 Å². The van der Waals surface area contributed by atoms with Gasteiger partial charge in [0, 0.05) is 13.1 Å². The second-order valence-corrected chi connectivity index (χ2v) is 5.78. The molecule has 2 saturated heterocycles. The number of hydrogen-bond donors (Lipinski definition) is 0. The molecule has 17 heavy (non-hydrogen) atoms. The van der Waals surface area contributed by atoms with Gasteiger partial charge in [-0.1, -0.05) is 0 Å². The Kier molecular flexibility index (Phi) is 4.82. The molecule has 2 heterocycles. The van der Waals surface area contributed by atoms with E-state index in [0.29, 0.717) is 0 Å². The van der Waals surface area contributed by atoms with Crippen molar-refractivity contribution in [1.29, 1.82) is 5.26 Å². The van der Waals surface area contributed by atoms with Gasteiger partial charge in [0.15, 0.2) is 0 Å². The van der Waals surface area contributed by atoms with Crippen molar-refractivity contribution >= 4 is 0 Å². The Morgan fingerprint density at radius 3 is 2.35 bits per heavy atom. The fourth-order valence-corrected chi connectivity index (χ4v) is 3.11. The first kappa shape index (κ1) is 12.9. The molecule has 1 unspecified atom stereocenters. The molecule has 2 aliphatic heterocycles. The minimum Gasteiger partial charge on any atom is -0.303 e. The topological polar surface area (TPSA) is 30.3 Å². The number of likely N-dealkylation sites (tertiary alicyclic amines) is 2. The minimum atomic E-state index is 0.185. The Bertz CT molecular complexity index is 257. The zero-order valence-electron chi connectivity index (χ0n) is 11.1. The van der Waals surface area contributed by atoms with Gasteiger partial charge in [-0.05, 0) is 64.7 Å². The maximum Gasteiger partial charge on any atom is 0.0666 e. The van der Waals surface area contributed by atoms with E-state index in [9.17, 15) is 0 Å². The molecule has 2 fully saturated rings. The molecule has 96 valence electrons. The van der Waals surface area contributed by atoms with Gasteiger partial charge in [-0.3, -0.25) is 0 Å². The SMILES string of the molecule is CC(C#N)CN1CCC(CN2CCCC2)CC1. The lowest BCUT2D eigenvalue weighted by Crippen LogP contribution is -2.39. The van der Waals surface area contributed by atoms with E-state index in [1.165, 1.54) is 58.4 Å². The zero-order chi connectivity index (χ0) is 12.1. The highest BCUT2D eigenvalue weighted by Crippen LogP contribution is 2.21. The van der Waals surface area contributed by atoms with Gasteiger partial charge in [0.25, 0.3) is 0 Å². The molecule has 2 aliphatic rings. The molecule has 0 radical (unpaired) electrons. The van der Waals surface area contributed by atoms with Crippen LogP contribution in [0.15, 0.2) is 0 Å². The van der Waals surface area contributed by atoms with Gasteiger partial charge in [-0.2, -0.15) is 5.26 Å². The minimum absolute atomic E-state index is 0.185. The molecule has 3 heteroatoms. The summed E-state index contributed by atoms with van der Waals surface area (Å²) >= 11 is 0. The fourth-order valence-electron chi connectivity index (χ4n) is 3.11. The third-order valence-electron chi connectivity index (χ3n) is 4.17. The van der Waals surface area contributed by atoms with Crippen molar-refractivity contribution in [1.82, 2.24) is 9.80 Å². The van der Waals surface area contributed by atoms with E-state index in [-0.39, 0.29) is 5.92 Å². The van der Waals surface area contributed by atoms with Crippen LogP contribution >= 0.6 is 0 Å². The Labute approximate surface area is 105 Å². The fraction of sp³-hybridized carbons (Fsp3) is 0.929. The summed E-state index contributed by atoms with van der Waals surface area (Å²) in [6.45, 7) is 9.36. The summed E-state index contributed by atoms with van der Waals surface area (Å²) in [5, 5.41) is 8.82. The molecule has 2 rings (SSSR count). The van der Waals surface area contributed by atoms with E-state index in [2.05, 4.69) is 15.9 Å². The summed E-state index contributed by atoms with van der Waals surface area (Å²) in [6, 6.07) is 2.33. The summed E-state index contributed by atoms with van der Waals surface area (Å²) in [7, 11) is 0. The third kappa shape index (κ3) is 3.97. The van der Waals surface area contributed by atoms with E-state index in [1.807, 2.05) is 6.92 Å². The van der Waals surface area contributed by atoms with Crippen molar-refractivity contribution in [2.45, 2.75) is 32.6 Å². The maximum absolute atomic E-state index is 8.82. The van der Waals surface area contributed by atoms with Gasteiger partial charge >= 0.3 is 0 Å². The second kappa shape index (κ2) is 6.37. The van der Waals surface area contributed by atoms with Gasteiger partial charge in [0.05, 0.1) is 12.0 Å². The predicted molar refractivity (Wildman–Crippen MR) is 69.6 cm³/mol. The number of hydrogen-bond acceptors (Lipinski definition) is 3. The highest BCUT2D eigenvalue weighted by Gasteiger charge is 2.23. The Morgan fingerprint density at radius 1 is 1.12 bits per heavy atom. The second-order valence-electron chi connectivity index (χ2n) is 5.78. The van der Waals surface area contributed by atoms with Crippen LogP contribution in [0, 0.1) is 23.2 Å². The lowest BCUT2D eigenvalue weighted by atomic mass is 9.95. The molecule has 0 aliphatic carbocycles. The molecule has 1 atom stereocenters. The number of nitrogens with zero attached hydrogens (tertiary/aromatic N) is 3. The Morgan fingerprint density at radius 2 is 1.76 bits per heavy atom.